The second kappa shape index (κ2) is 5.76. The van der Waals surface area contributed by atoms with Crippen LogP contribution in [0, 0.1) is 11.3 Å². The van der Waals surface area contributed by atoms with Gasteiger partial charge in [0, 0.05) is 13.1 Å². The number of hydrogen-bond donors (Lipinski definition) is 1. The van der Waals surface area contributed by atoms with Crippen LogP contribution in [0.5, 0.6) is 0 Å². The van der Waals surface area contributed by atoms with Crippen molar-refractivity contribution in [3.63, 3.8) is 0 Å². The minimum atomic E-state index is -0.204. The standard InChI is InChI=1S/C9H17N3/c1-8(2)9(7-10)11-5-6-12(3)4/h9,11H,1,5-6H2,2-4H3. The summed E-state index contributed by atoms with van der Waals surface area (Å²) >= 11 is 0. The number of nitrogens with zero attached hydrogens (tertiary/aromatic N) is 2. The zero-order chi connectivity index (χ0) is 9.56. The summed E-state index contributed by atoms with van der Waals surface area (Å²) in [6, 6.07) is 1.94. The highest BCUT2D eigenvalue weighted by Crippen LogP contribution is 1.94. The molecule has 0 aromatic heterocycles. The summed E-state index contributed by atoms with van der Waals surface area (Å²) in [5.74, 6) is 0. The van der Waals surface area contributed by atoms with Crippen LogP contribution in [0.4, 0.5) is 0 Å². The molecule has 1 N–H and O–H groups in total. The van der Waals surface area contributed by atoms with Gasteiger partial charge in [-0.25, -0.2) is 0 Å². The smallest absolute Gasteiger partial charge is 0.116 e. The number of hydrogen-bond acceptors (Lipinski definition) is 3. The maximum Gasteiger partial charge on any atom is 0.116 e. The Hall–Kier alpha value is -0.850. The first-order chi connectivity index (χ1) is 5.57. The topological polar surface area (TPSA) is 39.1 Å². The van der Waals surface area contributed by atoms with E-state index in [0.717, 1.165) is 18.7 Å². The molecule has 0 radical (unpaired) electrons. The Kier molecular flexibility index (Phi) is 5.35. The number of nitrogens with one attached hydrogen (secondary N) is 1. The summed E-state index contributed by atoms with van der Waals surface area (Å²) in [6.07, 6.45) is 0. The van der Waals surface area contributed by atoms with Gasteiger partial charge in [0.1, 0.15) is 6.04 Å². The lowest BCUT2D eigenvalue weighted by Crippen LogP contribution is -2.34. The van der Waals surface area contributed by atoms with Gasteiger partial charge in [-0.1, -0.05) is 6.58 Å². The molecule has 1 atom stereocenters. The molecule has 0 saturated carbocycles. The van der Waals surface area contributed by atoms with E-state index >= 15 is 0 Å². The molecule has 0 bridgehead atoms. The Labute approximate surface area is 74.7 Å². The summed E-state index contributed by atoms with van der Waals surface area (Å²) in [4.78, 5) is 2.07. The van der Waals surface area contributed by atoms with Crippen LogP contribution >= 0.6 is 0 Å². The monoisotopic (exact) mass is 167 g/mol. The van der Waals surface area contributed by atoms with Gasteiger partial charge in [0.15, 0.2) is 0 Å². The van der Waals surface area contributed by atoms with Crippen LogP contribution in [0.3, 0.4) is 0 Å². The quantitative estimate of drug-likeness (QED) is 0.610. The average Bonchev–Trinajstić information content (AvgIpc) is 1.96. The fraction of sp³-hybridized carbons (Fsp3) is 0.667. The molecule has 3 heteroatoms. The normalized spacial score (nSPS) is 12.6. The second-order valence-corrected chi connectivity index (χ2v) is 3.17. The zero-order valence-electron chi connectivity index (χ0n) is 8.09. The summed E-state index contributed by atoms with van der Waals surface area (Å²) in [5, 5.41) is 11.8. The third kappa shape index (κ3) is 4.89. The summed E-state index contributed by atoms with van der Waals surface area (Å²) < 4.78 is 0. The fourth-order valence-electron chi connectivity index (χ4n) is 0.763. The van der Waals surface area contributed by atoms with Crippen LogP contribution in [0.25, 0.3) is 0 Å². The predicted octanol–water partition coefficient (Wildman–Crippen LogP) is 0.606. The van der Waals surface area contributed by atoms with Crippen LogP contribution in [0.1, 0.15) is 6.92 Å². The molecule has 1 unspecified atom stereocenters. The minimum absolute atomic E-state index is 0.204. The van der Waals surface area contributed by atoms with E-state index < -0.39 is 0 Å². The van der Waals surface area contributed by atoms with E-state index in [1.165, 1.54) is 0 Å². The molecule has 0 amide bonds. The summed E-state index contributed by atoms with van der Waals surface area (Å²) in [6.45, 7) is 7.34. The first-order valence-electron chi connectivity index (χ1n) is 4.01. The average molecular weight is 167 g/mol. The van der Waals surface area contributed by atoms with Crippen molar-refractivity contribution < 1.29 is 0 Å². The maximum atomic E-state index is 8.67. The van der Waals surface area contributed by atoms with Crippen molar-refractivity contribution in [2.45, 2.75) is 13.0 Å². The number of rotatable bonds is 5. The van der Waals surface area contributed by atoms with Crippen molar-refractivity contribution in [2.75, 3.05) is 27.2 Å². The molecule has 12 heavy (non-hydrogen) atoms. The second-order valence-electron chi connectivity index (χ2n) is 3.17. The maximum absolute atomic E-state index is 8.67. The molecule has 0 aliphatic heterocycles. The molecule has 0 aliphatic carbocycles. The van der Waals surface area contributed by atoms with E-state index in [9.17, 15) is 0 Å². The van der Waals surface area contributed by atoms with Crippen LogP contribution < -0.4 is 5.32 Å². The van der Waals surface area contributed by atoms with Crippen LogP contribution in [0.15, 0.2) is 12.2 Å². The van der Waals surface area contributed by atoms with Crippen molar-refractivity contribution in [2.24, 2.45) is 0 Å². The first kappa shape index (κ1) is 11.2. The van der Waals surface area contributed by atoms with Gasteiger partial charge in [-0.15, -0.1) is 0 Å². The zero-order valence-corrected chi connectivity index (χ0v) is 8.09. The van der Waals surface area contributed by atoms with E-state index in [1.54, 1.807) is 0 Å². The Morgan fingerprint density at radius 1 is 1.67 bits per heavy atom. The van der Waals surface area contributed by atoms with Gasteiger partial charge in [-0.3, -0.25) is 5.32 Å². The molecular weight excluding hydrogens is 150 g/mol. The van der Waals surface area contributed by atoms with Gasteiger partial charge in [0.2, 0.25) is 0 Å². The molecule has 0 spiro atoms. The lowest BCUT2D eigenvalue weighted by Gasteiger charge is -2.13. The van der Waals surface area contributed by atoms with Crippen molar-refractivity contribution in [1.29, 1.82) is 5.26 Å². The lowest BCUT2D eigenvalue weighted by atomic mass is 10.2. The molecule has 0 saturated heterocycles. The van der Waals surface area contributed by atoms with Crippen LogP contribution in [-0.2, 0) is 0 Å². The highest BCUT2D eigenvalue weighted by atomic mass is 15.1. The van der Waals surface area contributed by atoms with Crippen LogP contribution in [-0.4, -0.2) is 38.1 Å². The van der Waals surface area contributed by atoms with Crippen LogP contribution in [0.2, 0.25) is 0 Å². The van der Waals surface area contributed by atoms with Crippen molar-refractivity contribution in [1.82, 2.24) is 10.2 Å². The molecule has 0 fully saturated rings. The third-order valence-corrected chi connectivity index (χ3v) is 1.53. The predicted molar refractivity (Wildman–Crippen MR) is 50.8 cm³/mol. The first-order valence-corrected chi connectivity index (χ1v) is 4.01. The van der Waals surface area contributed by atoms with E-state index in [0.29, 0.717) is 0 Å². The largest absolute Gasteiger partial charge is 0.308 e. The summed E-state index contributed by atoms with van der Waals surface area (Å²) in [7, 11) is 4.01. The highest BCUT2D eigenvalue weighted by molar-refractivity contribution is 5.12. The molecule has 0 aromatic carbocycles. The van der Waals surface area contributed by atoms with Crippen molar-refractivity contribution in [3.05, 3.63) is 12.2 Å². The molecule has 0 aromatic rings. The fourth-order valence-corrected chi connectivity index (χ4v) is 0.763. The van der Waals surface area contributed by atoms with Crippen molar-refractivity contribution in [3.8, 4) is 6.07 Å². The van der Waals surface area contributed by atoms with E-state index in [-0.39, 0.29) is 6.04 Å². The molecular formula is C9H17N3. The Morgan fingerprint density at radius 3 is 2.58 bits per heavy atom. The van der Waals surface area contributed by atoms with Crippen molar-refractivity contribution >= 4 is 0 Å². The number of likely N-dealkylation sites (N-methyl/N-ethyl adjacent to an activating group) is 1. The Balaban J connectivity index is 3.61. The van der Waals surface area contributed by atoms with Gasteiger partial charge in [0.25, 0.3) is 0 Å². The molecule has 3 nitrogen and oxygen atoms in total. The van der Waals surface area contributed by atoms with E-state index in [4.69, 9.17) is 5.26 Å². The third-order valence-electron chi connectivity index (χ3n) is 1.53. The van der Waals surface area contributed by atoms with Gasteiger partial charge in [0.05, 0.1) is 6.07 Å². The Bertz CT molecular complexity index is 179. The van der Waals surface area contributed by atoms with Gasteiger partial charge >= 0.3 is 0 Å². The van der Waals surface area contributed by atoms with Gasteiger partial charge in [-0.2, -0.15) is 5.26 Å². The highest BCUT2D eigenvalue weighted by Gasteiger charge is 2.05. The summed E-state index contributed by atoms with van der Waals surface area (Å²) in [5.41, 5.74) is 0.872. The molecule has 68 valence electrons. The number of nitriles is 1. The Morgan fingerprint density at radius 2 is 2.25 bits per heavy atom. The van der Waals surface area contributed by atoms with Gasteiger partial charge in [-0.05, 0) is 26.6 Å². The van der Waals surface area contributed by atoms with E-state index in [2.05, 4.69) is 22.9 Å². The lowest BCUT2D eigenvalue weighted by molar-refractivity contribution is 0.398. The molecule has 0 aliphatic rings. The minimum Gasteiger partial charge on any atom is -0.308 e. The molecule has 0 heterocycles. The van der Waals surface area contributed by atoms with Gasteiger partial charge < -0.3 is 4.90 Å². The SMILES string of the molecule is C=C(C)C(C#N)NCCN(C)C. The molecule has 0 rings (SSSR count). The van der Waals surface area contributed by atoms with E-state index in [1.807, 2.05) is 21.0 Å².